The normalized spacial score (nSPS) is 25.5. The molecule has 0 aliphatic carbocycles. The number of aryl methyl sites for hydroxylation is 1. The van der Waals surface area contributed by atoms with Gasteiger partial charge in [-0.1, -0.05) is 0 Å². The van der Waals surface area contributed by atoms with Crippen LogP contribution >= 0.6 is 0 Å². The first-order valence-electron chi connectivity index (χ1n) is 10.3. The Labute approximate surface area is 179 Å². The molecule has 1 N–H and O–H groups in total. The third-order valence-corrected chi connectivity index (χ3v) is 6.34. The first kappa shape index (κ1) is 19.7. The number of aromatic hydroxyl groups is 1. The molecule has 0 spiro atoms. The van der Waals surface area contributed by atoms with Crippen LogP contribution in [0.1, 0.15) is 25.5 Å². The van der Waals surface area contributed by atoms with E-state index in [9.17, 15) is 9.50 Å². The molecule has 7 nitrogen and oxygen atoms in total. The molecule has 0 saturated carbocycles. The molecule has 3 aromatic rings. The minimum absolute atomic E-state index is 0.0817. The fourth-order valence-electron chi connectivity index (χ4n) is 4.53. The molecule has 31 heavy (non-hydrogen) atoms. The molecule has 4 heterocycles. The van der Waals surface area contributed by atoms with E-state index in [2.05, 4.69) is 20.2 Å². The third-order valence-electron chi connectivity index (χ3n) is 6.34. The van der Waals surface area contributed by atoms with E-state index in [0.29, 0.717) is 30.0 Å². The maximum atomic E-state index is 14.2. The predicted octanol–water partition coefficient (Wildman–Crippen LogP) is 3.81. The van der Waals surface area contributed by atoms with Crippen LogP contribution in [0.5, 0.6) is 11.6 Å². The monoisotopic (exact) mass is 421 g/mol. The van der Waals surface area contributed by atoms with Crippen molar-refractivity contribution >= 4 is 0 Å². The van der Waals surface area contributed by atoms with Gasteiger partial charge < -0.3 is 9.84 Å². The molecule has 3 unspecified atom stereocenters. The average molecular weight is 421 g/mol. The van der Waals surface area contributed by atoms with Crippen molar-refractivity contribution in [2.45, 2.75) is 44.4 Å². The minimum Gasteiger partial charge on any atom is -0.507 e. The Morgan fingerprint density at radius 1 is 1.19 bits per heavy atom. The van der Waals surface area contributed by atoms with E-state index in [4.69, 9.17) is 4.74 Å². The zero-order valence-corrected chi connectivity index (χ0v) is 17.7. The summed E-state index contributed by atoms with van der Waals surface area (Å²) in [4.78, 5) is 2.06. The molecule has 0 radical (unpaired) electrons. The van der Waals surface area contributed by atoms with E-state index in [-0.39, 0.29) is 29.3 Å². The summed E-state index contributed by atoms with van der Waals surface area (Å²) in [7, 11) is 1.95. The van der Waals surface area contributed by atoms with E-state index in [1.807, 2.05) is 39.2 Å². The van der Waals surface area contributed by atoms with Crippen molar-refractivity contribution in [3.8, 4) is 28.6 Å². The summed E-state index contributed by atoms with van der Waals surface area (Å²) >= 11 is 0. The zero-order valence-electron chi connectivity index (χ0n) is 17.7. The molecule has 2 aliphatic rings. The largest absolute Gasteiger partial charge is 0.507 e. The maximum absolute atomic E-state index is 14.2. The van der Waals surface area contributed by atoms with E-state index >= 15 is 0 Å². The van der Waals surface area contributed by atoms with Crippen LogP contribution in [0.2, 0.25) is 0 Å². The fraction of sp³-hybridized carbons (Fsp3) is 0.348. The lowest BCUT2D eigenvalue weighted by atomic mass is 9.89. The lowest BCUT2D eigenvalue weighted by Gasteiger charge is -2.43. The number of ether oxygens (including phenoxy) is 1. The molecule has 1 saturated heterocycles. The smallest absolute Gasteiger partial charge is 0.233 e. The number of hydrogen-bond donors (Lipinski definition) is 1. The Kier molecular flexibility index (Phi) is 4.55. The number of nitrogens with zero attached hydrogens (tertiary/aromatic N) is 5. The van der Waals surface area contributed by atoms with Crippen LogP contribution in [-0.4, -0.2) is 54.7 Å². The number of benzene rings is 1. The molecule has 2 aromatic heterocycles. The summed E-state index contributed by atoms with van der Waals surface area (Å²) in [6.07, 6.45) is 4.67. The van der Waals surface area contributed by atoms with Gasteiger partial charge in [-0.3, -0.25) is 4.90 Å². The van der Waals surface area contributed by atoms with Crippen LogP contribution in [0.4, 0.5) is 4.39 Å². The van der Waals surface area contributed by atoms with Gasteiger partial charge in [0.2, 0.25) is 5.88 Å². The zero-order chi connectivity index (χ0) is 21.8. The first-order chi connectivity index (χ1) is 14.8. The van der Waals surface area contributed by atoms with Crippen molar-refractivity contribution in [1.82, 2.24) is 24.9 Å². The molecule has 1 aromatic carbocycles. The van der Waals surface area contributed by atoms with Crippen molar-refractivity contribution < 1.29 is 14.2 Å². The Hall–Kier alpha value is -3.26. The van der Waals surface area contributed by atoms with E-state index in [1.165, 1.54) is 0 Å². The van der Waals surface area contributed by atoms with Crippen LogP contribution in [0.3, 0.4) is 0 Å². The van der Waals surface area contributed by atoms with Crippen molar-refractivity contribution in [3.63, 3.8) is 0 Å². The van der Waals surface area contributed by atoms with Gasteiger partial charge in [0.05, 0.1) is 23.1 Å². The number of phenols is 1. The standard InChI is InChI=1S/C23H24FN5O2/c1-14-8-9-29(27-14)15-4-5-17(21(30)10-15)19-6-7-22(26-25-19)31-16-11-20-18(24)13-23(2,12-16)28(20)3/h4-10,13,16,20,30H,11-12H2,1-3H3. The van der Waals surface area contributed by atoms with Gasteiger partial charge >= 0.3 is 0 Å². The number of hydrogen-bond acceptors (Lipinski definition) is 6. The molecule has 160 valence electrons. The minimum atomic E-state index is -0.342. The molecule has 2 bridgehead atoms. The van der Waals surface area contributed by atoms with Gasteiger partial charge in [-0.15, -0.1) is 10.2 Å². The van der Waals surface area contributed by atoms with Gasteiger partial charge in [0.25, 0.3) is 0 Å². The number of rotatable bonds is 4. The van der Waals surface area contributed by atoms with Crippen LogP contribution in [0.25, 0.3) is 16.9 Å². The number of aromatic nitrogens is 4. The highest BCUT2D eigenvalue weighted by Gasteiger charge is 2.48. The predicted molar refractivity (Wildman–Crippen MR) is 114 cm³/mol. The lowest BCUT2D eigenvalue weighted by molar-refractivity contribution is 0.0219. The highest BCUT2D eigenvalue weighted by molar-refractivity contribution is 5.68. The Bertz CT molecular complexity index is 1160. The quantitative estimate of drug-likeness (QED) is 0.690. The van der Waals surface area contributed by atoms with Crippen LogP contribution < -0.4 is 4.74 Å². The van der Waals surface area contributed by atoms with Gasteiger partial charge in [0.15, 0.2) is 0 Å². The van der Waals surface area contributed by atoms with Crippen LogP contribution in [0, 0.1) is 6.92 Å². The molecular weight excluding hydrogens is 397 g/mol. The topological polar surface area (TPSA) is 76.3 Å². The average Bonchev–Trinajstić information content (AvgIpc) is 3.21. The Morgan fingerprint density at radius 3 is 2.68 bits per heavy atom. The second kappa shape index (κ2) is 7.16. The summed E-state index contributed by atoms with van der Waals surface area (Å²) in [6, 6.07) is 10.4. The molecule has 0 amide bonds. The molecule has 2 aliphatic heterocycles. The van der Waals surface area contributed by atoms with Gasteiger partial charge in [-0.05, 0) is 51.2 Å². The van der Waals surface area contributed by atoms with Crippen molar-refractivity contribution in [2.24, 2.45) is 0 Å². The molecule has 3 atom stereocenters. The molecule has 5 rings (SSSR count). The SMILES string of the molecule is Cc1ccn(-c2ccc(-c3ccc(OC4CC5C(F)=CC(C)(C4)N5C)nn3)c(O)c2)n1. The summed E-state index contributed by atoms with van der Waals surface area (Å²) in [5, 5.41) is 23.3. The van der Waals surface area contributed by atoms with Gasteiger partial charge in [0.1, 0.15) is 17.7 Å². The van der Waals surface area contributed by atoms with Crippen molar-refractivity contribution in [1.29, 1.82) is 0 Å². The summed E-state index contributed by atoms with van der Waals surface area (Å²) in [6.45, 7) is 3.93. The molecule has 1 fully saturated rings. The Balaban J connectivity index is 1.31. The number of phenolic OH excluding ortho intramolecular Hbond substituents is 1. The highest BCUT2D eigenvalue weighted by Crippen LogP contribution is 2.43. The van der Waals surface area contributed by atoms with Crippen molar-refractivity contribution in [3.05, 3.63) is 60.2 Å². The number of halogens is 1. The van der Waals surface area contributed by atoms with Gasteiger partial charge in [-0.2, -0.15) is 5.10 Å². The van der Waals surface area contributed by atoms with Crippen LogP contribution in [-0.2, 0) is 0 Å². The Morgan fingerprint density at radius 2 is 2.03 bits per heavy atom. The summed E-state index contributed by atoms with van der Waals surface area (Å²) < 4.78 is 21.9. The van der Waals surface area contributed by atoms with E-state index in [0.717, 1.165) is 11.4 Å². The highest BCUT2D eigenvalue weighted by atomic mass is 19.1. The molecular formula is C23H24FN5O2. The van der Waals surface area contributed by atoms with Crippen LogP contribution in [0.15, 0.2) is 54.5 Å². The summed E-state index contributed by atoms with van der Waals surface area (Å²) in [5.74, 6) is 0.404. The first-order valence-corrected chi connectivity index (χ1v) is 10.3. The van der Waals surface area contributed by atoms with Gasteiger partial charge in [-0.25, -0.2) is 9.07 Å². The maximum Gasteiger partial charge on any atom is 0.233 e. The second-order valence-electron chi connectivity index (χ2n) is 8.55. The lowest BCUT2D eigenvalue weighted by Crippen LogP contribution is -2.52. The van der Waals surface area contributed by atoms with Gasteiger partial charge in [0, 0.05) is 42.3 Å². The number of piperidine rings is 1. The third kappa shape index (κ3) is 3.46. The fourth-order valence-corrected chi connectivity index (χ4v) is 4.53. The van der Waals surface area contributed by atoms with E-state index in [1.54, 1.807) is 35.0 Å². The number of likely N-dealkylation sites (N-methyl/N-ethyl adjacent to an activating group) is 1. The summed E-state index contributed by atoms with van der Waals surface area (Å²) in [5.41, 5.74) is 2.42. The number of fused-ring (bicyclic) bond motifs is 2. The van der Waals surface area contributed by atoms with Crippen molar-refractivity contribution in [2.75, 3.05) is 7.05 Å². The second-order valence-corrected chi connectivity index (χ2v) is 8.55. The van der Waals surface area contributed by atoms with E-state index < -0.39 is 0 Å². The molecule has 8 heteroatoms.